The zero-order chi connectivity index (χ0) is 19.7. The second-order valence-corrected chi connectivity index (χ2v) is 8.96. The van der Waals surface area contributed by atoms with Crippen LogP contribution in [0.5, 0.6) is 0 Å². The molecule has 0 N–H and O–H groups in total. The first-order chi connectivity index (χ1) is 13.5. The monoisotopic (exact) mass is 419 g/mol. The van der Waals surface area contributed by atoms with Crippen LogP contribution in [-0.4, -0.2) is 32.3 Å². The summed E-state index contributed by atoms with van der Waals surface area (Å²) in [7, 11) is 0. The maximum atomic E-state index is 13.1. The number of hydrogen-bond acceptors (Lipinski definition) is 8. The summed E-state index contributed by atoms with van der Waals surface area (Å²) in [6.45, 7) is 3.79. The van der Waals surface area contributed by atoms with Crippen molar-refractivity contribution in [2.24, 2.45) is 0 Å². The van der Waals surface area contributed by atoms with Crippen molar-refractivity contribution in [3.63, 3.8) is 0 Å². The third-order valence-corrected chi connectivity index (χ3v) is 6.34. The fourth-order valence-corrected chi connectivity index (χ4v) is 4.73. The zero-order valence-corrected chi connectivity index (χ0v) is 17.0. The Morgan fingerprint density at radius 1 is 1.29 bits per heavy atom. The average molecular weight is 420 g/mol. The molecule has 1 saturated carbocycles. The zero-order valence-electron chi connectivity index (χ0n) is 15.3. The number of nitrogens with zero attached hydrogens (tertiary/aromatic N) is 5. The molecule has 3 aromatic rings. The minimum atomic E-state index is -0.318. The summed E-state index contributed by atoms with van der Waals surface area (Å²) in [5, 5.41) is 17.0. The van der Waals surface area contributed by atoms with Crippen molar-refractivity contribution in [1.82, 2.24) is 20.4 Å². The van der Waals surface area contributed by atoms with Crippen LogP contribution in [0.1, 0.15) is 44.3 Å². The number of carbonyl (C=O) groups excluding carboxylic acids is 1. The standard InChI is InChI=1S/C18H18FN5O2S2/c1-3-14(25)24(13-8-9-13)17-22-23-18(28-17)27-10(2)15-20-21-16(26-15)11-4-6-12(19)7-5-11/h4-7,10,13H,3,8-9H2,1-2H3. The minimum absolute atomic E-state index is 0.0732. The van der Waals surface area contributed by atoms with Gasteiger partial charge in [0.05, 0.1) is 5.25 Å². The van der Waals surface area contributed by atoms with Crippen molar-refractivity contribution in [3.05, 3.63) is 36.0 Å². The smallest absolute Gasteiger partial charge is 0.247 e. The third kappa shape index (κ3) is 4.07. The van der Waals surface area contributed by atoms with Gasteiger partial charge in [-0.2, -0.15) is 0 Å². The van der Waals surface area contributed by atoms with Gasteiger partial charge in [-0.3, -0.25) is 9.69 Å². The molecule has 1 amide bonds. The first-order valence-corrected chi connectivity index (χ1v) is 10.7. The second kappa shape index (κ2) is 7.96. The molecule has 2 aromatic heterocycles. The average Bonchev–Trinajstić information content (AvgIpc) is 3.21. The van der Waals surface area contributed by atoms with E-state index in [0.717, 1.165) is 17.2 Å². The number of halogens is 1. The van der Waals surface area contributed by atoms with Gasteiger partial charge >= 0.3 is 0 Å². The van der Waals surface area contributed by atoms with Crippen LogP contribution in [0.3, 0.4) is 0 Å². The van der Waals surface area contributed by atoms with Crippen LogP contribution in [0.2, 0.25) is 0 Å². The fraction of sp³-hybridized carbons (Fsp3) is 0.389. The summed E-state index contributed by atoms with van der Waals surface area (Å²) < 4.78 is 19.5. The summed E-state index contributed by atoms with van der Waals surface area (Å²) in [6, 6.07) is 6.15. The highest BCUT2D eigenvalue weighted by Gasteiger charge is 2.35. The van der Waals surface area contributed by atoms with Crippen LogP contribution in [0, 0.1) is 5.82 Å². The van der Waals surface area contributed by atoms with Crippen molar-refractivity contribution in [2.75, 3.05) is 4.90 Å². The number of hydrogen-bond donors (Lipinski definition) is 0. The molecule has 1 atom stereocenters. The molecule has 0 saturated heterocycles. The van der Waals surface area contributed by atoms with E-state index in [1.807, 2.05) is 13.8 Å². The van der Waals surface area contributed by atoms with Gasteiger partial charge in [0.25, 0.3) is 0 Å². The Kier molecular flexibility index (Phi) is 5.40. The van der Waals surface area contributed by atoms with Crippen LogP contribution < -0.4 is 4.90 Å². The molecular formula is C18H18FN5O2S2. The molecule has 1 fully saturated rings. The summed E-state index contributed by atoms with van der Waals surface area (Å²) in [5.74, 6) is 0.545. The predicted octanol–water partition coefficient (Wildman–Crippen LogP) is 4.49. The molecule has 0 spiro atoms. The number of carbonyl (C=O) groups is 1. The highest BCUT2D eigenvalue weighted by molar-refractivity contribution is 8.01. The van der Waals surface area contributed by atoms with Crippen molar-refractivity contribution < 1.29 is 13.6 Å². The number of benzene rings is 1. The second-order valence-electron chi connectivity index (χ2n) is 6.41. The molecule has 0 aliphatic heterocycles. The molecule has 10 heteroatoms. The van der Waals surface area contributed by atoms with E-state index >= 15 is 0 Å². The Morgan fingerprint density at radius 2 is 2.04 bits per heavy atom. The van der Waals surface area contributed by atoms with Gasteiger partial charge in [0, 0.05) is 18.0 Å². The SMILES string of the molecule is CCC(=O)N(c1nnc(SC(C)c2nnc(-c3ccc(F)cc3)o2)s1)C1CC1. The van der Waals surface area contributed by atoms with Gasteiger partial charge in [0.1, 0.15) is 5.82 Å². The van der Waals surface area contributed by atoms with E-state index < -0.39 is 0 Å². The minimum Gasteiger partial charge on any atom is -0.419 e. The molecule has 0 radical (unpaired) electrons. The van der Waals surface area contributed by atoms with Crippen LogP contribution >= 0.6 is 23.1 Å². The normalized spacial score (nSPS) is 14.8. The van der Waals surface area contributed by atoms with Crippen LogP contribution in [0.4, 0.5) is 9.52 Å². The van der Waals surface area contributed by atoms with Crippen LogP contribution in [0.25, 0.3) is 11.5 Å². The Labute approximate surface area is 169 Å². The van der Waals surface area contributed by atoms with Gasteiger partial charge in [-0.15, -0.1) is 20.4 Å². The molecule has 7 nitrogen and oxygen atoms in total. The predicted molar refractivity (Wildman–Crippen MR) is 105 cm³/mol. The molecular weight excluding hydrogens is 401 g/mol. The molecule has 146 valence electrons. The number of aromatic nitrogens is 4. The summed E-state index contributed by atoms with van der Waals surface area (Å²) in [4.78, 5) is 14.0. The molecule has 4 rings (SSSR count). The van der Waals surface area contributed by atoms with E-state index in [2.05, 4.69) is 20.4 Å². The van der Waals surface area contributed by atoms with E-state index in [1.54, 1.807) is 17.0 Å². The Morgan fingerprint density at radius 3 is 2.71 bits per heavy atom. The lowest BCUT2D eigenvalue weighted by molar-refractivity contribution is -0.118. The van der Waals surface area contributed by atoms with Gasteiger partial charge in [0.15, 0.2) is 4.34 Å². The lowest BCUT2D eigenvalue weighted by Gasteiger charge is -2.17. The molecule has 1 aromatic carbocycles. The summed E-state index contributed by atoms with van der Waals surface area (Å²) >= 11 is 2.84. The van der Waals surface area contributed by atoms with Crippen LogP contribution in [-0.2, 0) is 4.79 Å². The molecule has 1 unspecified atom stereocenters. The van der Waals surface area contributed by atoms with E-state index in [0.29, 0.717) is 28.9 Å². The molecule has 1 aliphatic carbocycles. The van der Waals surface area contributed by atoms with Crippen molar-refractivity contribution in [1.29, 1.82) is 0 Å². The maximum absolute atomic E-state index is 13.1. The van der Waals surface area contributed by atoms with Crippen molar-refractivity contribution in [3.8, 4) is 11.5 Å². The highest BCUT2D eigenvalue weighted by Crippen LogP contribution is 2.40. The fourth-order valence-electron chi connectivity index (χ4n) is 2.63. The largest absolute Gasteiger partial charge is 0.419 e. The Hall–Kier alpha value is -2.33. The maximum Gasteiger partial charge on any atom is 0.247 e. The molecule has 28 heavy (non-hydrogen) atoms. The van der Waals surface area contributed by atoms with Gasteiger partial charge in [-0.05, 0) is 44.0 Å². The van der Waals surface area contributed by atoms with Crippen molar-refractivity contribution >= 4 is 34.1 Å². The van der Waals surface area contributed by atoms with Gasteiger partial charge in [-0.1, -0.05) is 30.0 Å². The van der Waals surface area contributed by atoms with Crippen LogP contribution in [0.15, 0.2) is 33.0 Å². The topological polar surface area (TPSA) is 85.0 Å². The number of amides is 1. The quantitative estimate of drug-likeness (QED) is 0.412. The Balaban J connectivity index is 1.46. The van der Waals surface area contributed by atoms with Crippen molar-refractivity contribution in [2.45, 2.75) is 48.7 Å². The third-order valence-electron chi connectivity index (χ3n) is 4.24. The van der Waals surface area contributed by atoms with Gasteiger partial charge in [-0.25, -0.2) is 4.39 Å². The van der Waals surface area contributed by atoms with E-state index in [9.17, 15) is 9.18 Å². The van der Waals surface area contributed by atoms with E-state index in [4.69, 9.17) is 4.42 Å². The first-order valence-electron chi connectivity index (χ1n) is 8.96. The first kappa shape index (κ1) is 19.0. The van der Waals surface area contributed by atoms with Gasteiger partial charge in [0.2, 0.25) is 22.8 Å². The lowest BCUT2D eigenvalue weighted by Crippen LogP contribution is -2.32. The molecule has 2 heterocycles. The summed E-state index contributed by atoms with van der Waals surface area (Å²) in [5.41, 5.74) is 0.661. The highest BCUT2D eigenvalue weighted by atomic mass is 32.2. The number of thioether (sulfide) groups is 1. The molecule has 0 bridgehead atoms. The lowest BCUT2D eigenvalue weighted by atomic mass is 10.2. The van der Waals surface area contributed by atoms with Gasteiger partial charge < -0.3 is 4.42 Å². The van der Waals surface area contributed by atoms with E-state index in [-0.39, 0.29) is 23.0 Å². The summed E-state index contributed by atoms with van der Waals surface area (Å²) in [6.07, 6.45) is 2.47. The molecule has 1 aliphatic rings. The number of anilines is 1. The number of rotatable bonds is 7. The Bertz CT molecular complexity index is 971. The van der Waals surface area contributed by atoms with E-state index in [1.165, 1.54) is 35.2 Å².